The molecule has 9 nitrogen and oxygen atoms in total. The molecule has 0 saturated carbocycles. The highest BCUT2D eigenvalue weighted by molar-refractivity contribution is 5.97. The predicted molar refractivity (Wildman–Crippen MR) is 72.3 cm³/mol. The molecule has 0 aromatic carbocycles. The van der Waals surface area contributed by atoms with Gasteiger partial charge in [-0.3, -0.25) is 24.4 Å². The van der Waals surface area contributed by atoms with Crippen molar-refractivity contribution in [3.63, 3.8) is 0 Å². The van der Waals surface area contributed by atoms with Crippen molar-refractivity contribution in [3.05, 3.63) is 38.2 Å². The van der Waals surface area contributed by atoms with Gasteiger partial charge in [0, 0.05) is 0 Å². The van der Waals surface area contributed by atoms with Crippen molar-refractivity contribution in [2.45, 2.75) is 19.9 Å². The molecule has 0 aliphatic rings. The summed E-state index contributed by atoms with van der Waals surface area (Å²) in [6.07, 6.45) is 0. The summed E-state index contributed by atoms with van der Waals surface area (Å²) in [6, 6.07) is 0.258. The summed E-state index contributed by atoms with van der Waals surface area (Å²) in [6.45, 7) is 2.88. The van der Waals surface area contributed by atoms with Crippen molar-refractivity contribution in [3.8, 4) is 0 Å². The maximum atomic E-state index is 11.9. The third-order valence-corrected chi connectivity index (χ3v) is 2.85. The average molecular weight is 292 g/mol. The van der Waals surface area contributed by atoms with E-state index in [0.29, 0.717) is 5.56 Å². The summed E-state index contributed by atoms with van der Waals surface area (Å²) >= 11 is 0. The van der Waals surface area contributed by atoms with Gasteiger partial charge in [-0.2, -0.15) is 0 Å². The number of hydrogen-bond donors (Lipinski definition) is 4. The normalized spacial score (nSPS) is 12.1. The van der Waals surface area contributed by atoms with Crippen LogP contribution < -0.4 is 16.6 Å². The minimum Gasteiger partial charge on any atom is -0.480 e. The third kappa shape index (κ3) is 2.81. The monoisotopic (exact) mass is 292 g/mol. The van der Waals surface area contributed by atoms with Gasteiger partial charge in [0.2, 0.25) is 0 Å². The molecule has 9 heteroatoms. The Morgan fingerprint density at radius 3 is 2.62 bits per heavy atom. The second-order valence-corrected chi connectivity index (χ2v) is 4.49. The number of amides is 1. The van der Waals surface area contributed by atoms with Crippen LogP contribution in [0.15, 0.2) is 15.7 Å². The number of pyridine rings is 1. The maximum absolute atomic E-state index is 11.9. The van der Waals surface area contributed by atoms with Crippen molar-refractivity contribution >= 4 is 22.9 Å². The first-order chi connectivity index (χ1) is 9.79. The van der Waals surface area contributed by atoms with E-state index in [0.717, 1.165) is 0 Å². The zero-order valence-corrected chi connectivity index (χ0v) is 11.2. The number of H-pyrrole nitrogens is 2. The number of hydrogen-bond acceptors (Lipinski definition) is 5. The molecule has 21 heavy (non-hydrogen) atoms. The van der Waals surface area contributed by atoms with E-state index in [9.17, 15) is 19.2 Å². The van der Waals surface area contributed by atoms with Gasteiger partial charge < -0.3 is 10.4 Å². The van der Waals surface area contributed by atoms with Gasteiger partial charge in [-0.1, -0.05) is 0 Å². The molecule has 0 unspecified atom stereocenters. The molecule has 2 aromatic heterocycles. The molecule has 0 saturated heterocycles. The summed E-state index contributed by atoms with van der Waals surface area (Å²) in [4.78, 5) is 53.8. The van der Waals surface area contributed by atoms with Gasteiger partial charge in [-0.05, 0) is 25.5 Å². The molecular formula is C12H12N4O5. The number of carbonyl (C=O) groups is 2. The number of carbonyl (C=O) groups excluding carboxylic acids is 1. The van der Waals surface area contributed by atoms with Crippen molar-refractivity contribution in [1.29, 1.82) is 0 Å². The first-order valence-electron chi connectivity index (χ1n) is 5.97. The average Bonchev–Trinajstić information content (AvgIpc) is 2.36. The smallest absolute Gasteiger partial charge is 0.327 e. The van der Waals surface area contributed by atoms with Crippen LogP contribution in [0.4, 0.5) is 0 Å². The fraction of sp³-hybridized carbons (Fsp3) is 0.250. The van der Waals surface area contributed by atoms with E-state index in [4.69, 9.17) is 5.11 Å². The van der Waals surface area contributed by atoms with Gasteiger partial charge in [0.05, 0.1) is 5.39 Å². The third-order valence-electron chi connectivity index (χ3n) is 2.85. The van der Waals surface area contributed by atoms with Gasteiger partial charge >= 0.3 is 11.7 Å². The number of nitrogens with zero attached hydrogens (tertiary/aromatic N) is 1. The molecular weight excluding hydrogens is 280 g/mol. The first-order valence-corrected chi connectivity index (χ1v) is 5.97. The molecule has 2 rings (SSSR count). The fourth-order valence-corrected chi connectivity index (χ4v) is 1.80. The van der Waals surface area contributed by atoms with Crippen LogP contribution in [-0.2, 0) is 4.79 Å². The van der Waals surface area contributed by atoms with Crippen molar-refractivity contribution in [2.75, 3.05) is 0 Å². The van der Waals surface area contributed by atoms with E-state index in [1.54, 1.807) is 6.92 Å². The molecule has 110 valence electrons. The molecule has 0 fully saturated rings. The number of carboxylic acids is 1. The Morgan fingerprint density at radius 1 is 1.33 bits per heavy atom. The van der Waals surface area contributed by atoms with Crippen LogP contribution in [0.3, 0.4) is 0 Å². The van der Waals surface area contributed by atoms with Crippen LogP contribution in [0, 0.1) is 6.92 Å². The lowest BCUT2D eigenvalue weighted by Gasteiger charge is -2.09. The number of fused-ring (bicyclic) bond motifs is 1. The van der Waals surface area contributed by atoms with Gasteiger partial charge in [-0.15, -0.1) is 0 Å². The molecule has 0 bridgehead atoms. The number of aromatic amines is 2. The Kier molecular flexibility index (Phi) is 3.57. The van der Waals surface area contributed by atoms with Crippen molar-refractivity contribution < 1.29 is 14.7 Å². The van der Waals surface area contributed by atoms with Gasteiger partial charge in [0.25, 0.3) is 11.5 Å². The van der Waals surface area contributed by atoms with Crippen LogP contribution >= 0.6 is 0 Å². The van der Waals surface area contributed by atoms with E-state index < -0.39 is 29.2 Å². The predicted octanol–water partition coefficient (Wildman–Crippen LogP) is -0.877. The molecule has 0 aliphatic heterocycles. The Hall–Kier alpha value is -2.97. The minimum atomic E-state index is -1.19. The van der Waals surface area contributed by atoms with Gasteiger partial charge in [-0.25, -0.2) is 9.78 Å². The lowest BCUT2D eigenvalue weighted by atomic mass is 10.1. The number of carboxylic acid groups (broad SMARTS) is 1. The summed E-state index contributed by atoms with van der Waals surface area (Å²) in [5.74, 6) is -1.90. The zero-order valence-electron chi connectivity index (χ0n) is 11.2. The molecule has 0 spiro atoms. The number of aliphatic carboxylic acids is 1. The topological polar surface area (TPSA) is 145 Å². The molecule has 2 aromatic rings. The second-order valence-electron chi connectivity index (χ2n) is 4.49. The maximum Gasteiger partial charge on any atom is 0.327 e. The first kappa shape index (κ1) is 14.4. The van der Waals surface area contributed by atoms with E-state index in [2.05, 4.69) is 20.3 Å². The number of aryl methyl sites for hydroxylation is 1. The largest absolute Gasteiger partial charge is 0.480 e. The summed E-state index contributed by atoms with van der Waals surface area (Å²) in [5, 5.41) is 11.2. The lowest BCUT2D eigenvalue weighted by molar-refractivity contribution is -0.138. The Labute approximate surface area is 117 Å². The fourth-order valence-electron chi connectivity index (χ4n) is 1.80. The Bertz CT molecular complexity index is 851. The Morgan fingerprint density at radius 2 is 2.00 bits per heavy atom. The number of nitrogens with one attached hydrogen (secondary N) is 3. The van der Waals surface area contributed by atoms with Gasteiger partial charge in [0.15, 0.2) is 0 Å². The molecule has 1 amide bonds. The second kappa shape index (κ2) is 5.19. The molecule has 0 radical (unpaired) electrons. The van der Waals surface area contributed by atoms with Crippen LogP contribution in [-0.4, -0.2) is 38.0 Å². The van der Waals surface area contributed by atoms with Gasteiger partial charge in [0.1, 0.15) is 17.4 Å². The summed E-state index contributed by atoms with van der Waals surface area (Å²) in [7, 11) is 0. The van der Waals surface area contributed by atoms with Crippen molar-refractivity contribution in [2.24, 2.45) is 0 Å². The molecule has 0 aliphatic carbocycles. The van der Waals surface area contributed by atoms with Crippen LogP contribution in [0.25, 0.3) is 11.0 Å². The van der Waals surface area contributed by atoms with Crippen LogP contribution in [0.5, 0.6) is 0 Å². The molecule has 4 N–H and O–H groups in total. The van der Waals surface area contributed by atoms with Crippen molar-refractivity contribution in [1.82, 2.24) is 20.3 Å². The SMILES string of the molecule is Cc1cc(C(=O)N[C@H](C)C(=O)O)nc2[nH]c(=O)[nH]c(=O)c12. The summed E-state index contributed by atoms with van der Waals surface area (Å²) in [5.41, 5.74) is -1.03. The highest BCUT2D eigenvalue weighted by Gasteiger charge is 2.18. The molecule has 2 heterocycles. The van der Waals surface area contributed by atoms with E-state index in [1.165, 1.54) is 13.0 Å². The van der Waals surface area contributed by atoms with Crippen LogP contribution in [0.2, 0.25) is 0 Å². The minimum absolute atomic E-state index is 0.0307. The quantitative estimate of drug-likeness (QED) is 0.578. The molecule has 1 atom stereocenters. The Balaban J connectivity index is 2.52. The van der Waals surface area contributed by atoms with E-state index >= 15 is 0 Å². The highest BCUT2D eigenvalue weighted by Crippen LogP contribution is 2.10. The van der Waals surface area contributed by atoms with Crippen LogP contribution in [0.1, 0.15) is 23.0 Å². The lowest BCUT2D eigenvalue weighted by Crippen LogP contribution is -2.38. The zero-order chi connectivity index (χ0) is 15.7. The highest BCUT2D eigenvalue weighted by atomic mass is 16.4. The number of aromatic nitrogens is 3. The summed E-state index contributed by atoms with van der Waals surface area (Å²) < 4.78 is 0. The number of rotatable bonds is 3. The van der Waals surface area contributed by atoms with E-state index in [-0.39, 0.29) is 16.7 Å². The standard InChI is InChI=1S/C12H12N4O5/c1-4-3-6(9(17)13-5(2)11(19)20)14-8-7(4)10(18)16-12(21)15-8/h3,5H,1-2H3,(H,13,17)(H,19,20)(H2,14,15,16,18,21)/t5-/m1/s1. The van der Waals surface area contributed by atoms with E-state index in [1.807, 2.05) is 0 Å².